The fourth-order valence-electron chi connectivity index (χ4n) is 4.03. The molecule has 0 amide bonds. The Labute approximate surface area is 177 Å². The highest BCUT2D eigenvalue weighted by atomic mass is 32.1. The van der Waals surface area contributed by atoms with E-state index in [-0.39, 0.29) is 0 Å². The molecular weight excluding hydrogens is 382 g/mol. The molecule has 7 heteroatoms. The van der Waals surface area contributed by atoms with Gasteiger partial charge in [-0.3, -0.25) is 4.99 Å². The number of ether oxygens (including phenoxy) is 1. The minimum absolute atomic E-state index is 0.465. The third kappa shape index (κ3) is 5.22. The second-order valence-corrected chi connectivity index (χ2v) is 8.44. The Hall–Kier alpha value is -2.25. The van der Waals surface area contributed by atoms with Gasteiger partial charge < -0.3 is 25.2 Å². The van der Waals surface area contributed by atoms with E-state index in [1.54, 1.807) is 0 Å². The lowest BCUT2D eigenvalue weighted by Gasteiger charge is -2.34. The molecule has 0 bridgehead atoms. The Kier molecular flexibility index (Phi) is 6.90. The number of nitrogens with one attached hydrogen (secondary N) is 2. The van der Waals surface area contributed by atoms with Gasteiger partial charge in [0.1, 0.15) is 0 Å². The van der Waals surface area contributed by atoms with E-state index in [0.717, 1.165) is 64.7 Å². The maximum absolute atomic E-state index is 5.50. The maximum atomic E-state index is 5.50. The first kappa shape index (κ1) is 20.0. The molecule has 0 atom stereocenters. The van der Waals surface area contributed by atoms with E-state index in [2.05, 4.69) is 67.2 Å². The maximum Gasteiger partial charge on any atom is 0.191 e. The summed E-state index contributed by atoms with van der Waals surface area (Å²) in [5.41, 5.74) is 2.59. The van der Waals surface area contributed by atoms with Crippen molar-refractivity contribution in [3.05, 3.63) is 47.3 Å². The van der Waals surface area contributed by atoms with Crippen molar-refractivity contribution in [2.45, 2.75) is 25.4 Å². The van der Waals surface area contributed by atoms with Gasteiger partial charge in [0.25, 0.3) is 0 Å². The summed E-state index contributed by atoms with van der Waals surface area (Å²) >= 11 is 1.83. The Morgan fingerprint density at radius 3 is 2.59 bits per heavy atom. The number of nitrogens with zero attached hydrogens (tertiary/aromatic N) is 3. The zero-order chi connectivity index (χ0) is 19.9. The fraction of sp³-hybridized carbons (Fsp3) is 0.500. The molecule has 0 spiro atoms. The fourth-order valence-corrected chi connectivity index (χ4v) is 4.82. The van der Waals surface area contributed by atoms with Crippen LogP contribution in [0.1, 0.15) is 18.4 Å². The van der Waals surface area contributed by atoms with Crippen LogP contribution in [0.5, 0.6) is 0 Å². The lowest BCUT2D eigenvalue weighted by atomic mass is 10.1. The van der Waals surface area contributed by atoms with E-state index < -0.39 is 0 Å². The van der Waals surface area contributed by atoms with Crippen molar-refractivity contribution in [1.82, 2.24) is 10.6 Å². The molecule has 0 saturated carbocycles. The van der Waals surface area contributed by atoms with Crippen LogP contribution >= 0.6 is 11.3 Å². The predicted molar refractivity (Wildman–Crippen MR) is 122 cm³/mol. The Bertz CT molecular complexity index is 780. The summed E-state index contributed by atoms with van der Waals surface area (Å²) in [6.45, 7) is 6.45. The van der Waals surface area contributed by atoms with Gasteiger partial charge in [-0.1, -0.05) is 18.2 Å². The highest BCUT2D eigenvalue weighted by Crippen LogP contribution is 2.25. The smallest absolute Gasteiger partial charge is 0.191 e. The van der Waals surface area contributed by atoms with Crippen LogP contribution in [-0.2, 0) is 11.3 Å². The summed E-state index contributed by atoms with van der Waals surface area (Å²) in [6.07, 6.45) is 2.26. The van der Waals surface area contributed by atoms with Gasteiger partial charge in [0.05, 0.1) is 18.2 Å². The normalized spacial score (nSPS) is 18.7. The van der Waals surface area contributed by atoms with Gasteiger partial charge in [0.2, 0.25) is 0 Å². The van der Waals surface area contributed by atoms with Crippen LogP contribution in [-0.4, -0.2) is 58.4 Å². The second-order valence-electron chi connectivity index (χ2n) is 7.51. The van der Waals surface area contributed by atoms with Gasteiger partial charge in [-0.15, -0.1) is 11.3 Å². The molecule has 4 rings (SSSR count). The van der Waals surface area contributed by atoms with Crippen LogP contribution < -0.4 is 20.4 Å². The standard InChI is InChI=1S/C22H31N5OS/c1-23-22(25-19-8-10-27(11-9-19)21-7-4-16-29-21)24-17-18-5-2-3-6-20(18)26-12-14-28-15-13-26/h2-7,16,19H,8-15,17H2,1H3,(H2,23,24,25). The number of aliphatic imine (C=N–C) groups is 1. The van der Waals surface area contributed by atoms with Crippen LogP contribution in [0.2, 0.25) is 0 Å². The second kappa shape index (κ2) is 9.98. The van der Waals surface area contributed by atoms with E-state index in [1.165, 1.54) is 16.3 Å². The number of hydrogen-bond donors (Lipinski definition) is 2. The summed E-state index contributed by atoms with van der Waals surface area (Å²) in [7, 11) is 1.85. The molecule has 29 heavy (non-hydrogen) atoms. The molecular formula is C22H31N5OS. The van der Waals surface area contributed by atoms with Crippen LogP contribution in [0.3, 0.4) is 0 Å². The van der Waals surface area contributed by atoms with Gasteiger partial charge >= 0.3 is 0 Å². The van der Waals surface area contributed by atoms with Crippen molar-refractivity contribution in [3.8, 4) is 0 Å². The quantitative estimate of drug-likeness (QED) is 0.583. The number of anilines is 2. The molecule has 0 aliphatic carbocycles. The summed E-state index contributed by atoms with van der Waals surface area (Å²) in [4.78, 5) is 9.36. The first-order valence-corrected chi connectivity index (χ1v) is 11.4. The van der Waals surface area contributed by atoms with Crippen LogP contribution in [0, 0.1) is 0 Å². The third-order valence-corrected chi connectivity index (χ3v) is 6.60. The number of hydrogen-bond acceptors (Lipinski definition) is 5. The number of morpholine rings is 1. The highest BCUT2D eigenvalue weighted by molar-refractivity contribution is 7.14. The van der Waals surface area contributed by atoms with Gasteiger partial charge in [0.15, 0.2) is 5.96 Å². The van der Waals surface area contributed by atoms with Crippen molar-refractivity contribution in [1.29, 1.82) is 0 Å². The predicted octanol–water partition coefficient (Wildman–Crippen LogP) is 2.92. The number of piperidine rings is 1. The SMILES string of the molecule is CN=C(NCc1ccccc1N1CCOCC1)NC1CCN(c2cccs2)CC1. The first-order chi connectivity index (χ1) is 14.3. The van der Waals surface area contributed by atoms with E-state index >= 15 is 0 Å². The van der Waals surface area contributed by atoms with Crippen molar-refractivity contribution in [2.75, 3.05) is 56.2 Å². The monoisotopic (exact) mass is 413 g/mol. The molecule has 1 aromatic heterocycles. The number of rotatable bonds is 5. The van der Waals surface area contributed by atoms with E-state index in [4.69, 9.17) is 4.74 Å². The Balaban J connectivity index is 1.29. The molecule has 2 aliphatic heterocycles. The summed E-state index contributed by atoms with van der Waals surface area (Å²) in [6, 6.07) is 13.4. The molecule has 1 aromatic carbocycles. The van der Waals surface area contributed by atoms with Crippen molar-refractivity contribution in [2.24, 2.45) is 4.99 Å². The molecule has 0 unspecified atom stereocenters. The molecule has 6 nitrogen and oxygen atoms in total. The largest absolute Gasteiger partial charge is 0.378 e. The molecule has 2 aliphatic rings. The minimum atomic E-state index is 0.465. The molecule has 2 aromatic rings. The van der Waals surface area contributed by atoms with E-state index in [9.17, 15) is 0 Å². The topological polar surface area (TPSA) is 52.1 Å². The van der Waals surface area contributed by atoms with Gasteiger partial charge in [-0.05, 0) is 42.0 Å². The van der Waals surface area contributed by atoms with Crippen LogP contribution in [0.15, 0.2) is 46.8 Å². The van der Waals surface area contributed by atoms with E-state index in [0.29, 0.717) is 6.04 Å². The van der Waals surface area contributed by atoms with Crippen LogP contribution in [0.25, 0.3) is 0 Å². The molecule has 2 N–H and O–H groups in total. The van der Waals surface area contributed by atoms with Crippen molar-refractivity contribution >= 4 is 28.0 Å². The summed E-state index contributed by atoms with van der Waals surface area (Å²) in [5.74, 6) is 0.886. The number of thiophene rings is 1. The lowest BCUT2D eigenvalue weighted by Crippen LogP contribution is -2.48. The zero-order valence-corrected chi connectivity index (χ0v) is 18.0. The molecule has 156 valence electrons. The number of benzene rings is 1. The Morgan fingerprint density at radius 1 is 1.07 bits per heavy atom. The van der Waals surface area contributed by atoms with Gasteiger partial charge in [0, 0.05) is 51.5 Å². The molecule has 0 radical (unpaired) electrons. The minimum Gasteiger partial charge on any atom is -0.378 e. The highest BCUT2D eigenvalue weighted by Gasteiger charge is 2.21. The third-order valence-electron chi connectivity index (χ3n) is 5.67. The van der Waals surface area contributed by atoms with Crippen molar-refractivity contribution in [3.63, 3.8) is 0 Å². The van der Waals surface area contributed by atoms with Gasteiger partial charge in [-0.25, -0.2) is 0 Å². The van der Waals surface area contributed by atoms with Crippen molar-refractivity contribution < 1.29 is 4.74 Å². The van der Waals surface area contributed by atoms with Gasteiger partial charge in [-0.2, -0.15) is 0 Å². The van der Waals surface area contributed by atoms with E-state index in [1.807, 2.05) is 18.4 Å². The molecule has 3 heterocycles. The Morgan fingerprint density at radius 2 is 1.86 bits per heavy atom. The van der Waals surface area contributed by atoms with Crippen LogP contribution in [0.4, 0.5) is 10.7 Å². The molecule has 2 saturated heterocycles. The number of guanidine groups is 1. The summed E-state index contributed by atoms with van der Waals surface area (Å²) in [5, 5.41) is 10.7. The molecule has 2 fully saturated rings. The zero-order valence-electron chi connectivity index (χ0n) is 17.1. The number of para-hydroxylation sites is 1. The summed E-state index contributed by atoms with van der Waals surface area (Å²) < 4.78 is 5.50. The average molecular weight is 414 g/mol. The lowest BCUT2D eigenvalue weighted by molar-refractivity contribution is 0.122. The first-order valence-electron chi connectivity index (χ1n) is 10.5. The average Bonchev–Trinajstić information content (AvgIpc) is 3.33.